The minimum absolute atomic E-state index is 0.146. The molecule has 0 aliphatic carbocycles. The molecule has 1 N–H and O–H groups in total. The highest BCUT2D eigenvalue weighted by atomic mass is 19.4. The van der Waals surface area contributed by atoms with Crippen LogP contribution in [0.25, 0.3) is 10.9 Å². The highest BCUT2D eigenvalue weighted by Crippen LogP contribution is 2.24. The molecular formula is C23H27F3N6O3. The highest BCUT2D eigenvalue weighted by Gasteiger charge is 2.33. The van der Waals surface area contributed by atoms with Crippen LogP contribution in [0.3, 0.4) is 0 Å². The number of hydrogen-bond donors (Lipinski definition) is 1. The standard InChI is InChI=1S/C23H27F3N6O3/c1-14(10-15(2)22(27-4)35-13-23(24,25)26)11-31-12-17-18(30-31)7-8-28-20(17)29-21(34)19-6-5-9-32(19)16(3)33/h7-8,10,12,19H,4-6,9,11,13H2,1-3H3,(H,28,29,34)/b14-10+,22-15+/t19-/m1/s1. The van der Waals surface area contributed by atoms with E-state index in [1.165, 1.54) is 13.1 Å². The minimum Gasteiger partial charge on any atom is -0.468 e. The average molecular weight is 493 g/mol. The zero-order chi connectivity index (χ0) is 25.8. The lowest BCUT2D eigenvalue weighted by Gasteiger charge is -2.22. The van der Waals surface area contributed by atoms with Gasteiger partial charge in [-0.25, -0.2) is 9.98 Å². The molecule has 2 amide bonds. The van der Waals surface area contributed by atoms with Crippen LogP contribution < -0.4 is 5.32 Å². The van der Waals surface area contributed by atoms with Crippen molar-refractivity contribution in [2.75, 3.05) is 18.5 Å². The Morgan fingerprint density at radius 2 is 2.09 bits per heavy atom. The fraction of sp³-hybridized carbons (Fsp3) is 0.435. The second-order valence-corrected chi connectivity index (χ2v) is 8.32. The largest absolute Gasteiger partial charge is 0.468 e. The number of halogens is 3. The SMILES string of the molecule is C=N/C(OCC(F)(F)F)=C(C)\C=C(/C)Cn1cc2c(NC(=O)[C@H]3CCCN3C(C)=O)nccc2n1. The number of fused-ring (bicyclic) bond motifs is 1. The molecule has 1 aliphatic heterocycles. The quantitative estimate of drug-likeness (QED) is 0.343. The first-order chi connectivity index (χ1) is 16.5. The summed E-state index contributed by atoms with van der Waals surface area (Å²) in [5, 5.41) is 7.92. The highest BCUT2D eigenvalue weighted by molar-refractivity contribution is 6.02. The fourth-order valence-electron chi connectivity index (χ4n) is 3.96. The van der Waals surface area contributed by atoms with Crippen LogP contribution in [-0.2, 0) is 20.9 Å². The molecule has 0 spiro atoms. The van der Waals surface area contributed by atoms with Crippen LogP contribution in [0.4, 0.5) is 19.0 Å². The second-order valence-electron chi connectivity index (χ2n) is 8.32. The summed E-state index contributed by atoms with van der Waals surface area (Å²) < 4.78 is 43.7. The van der Waals surface area contributed by atoms with E-state index in [0.29, 0.717) is 41.8 Å². The molecule has 0 saturated carbocycles. The molecule has 1 fully saturated rings. The van der Waals surface area contributed by atoms with E-state index < -0.39 is 18.8 Å². The smallest absolute Gasteiger partial charge is 0.422 e. The van der Waals surface area contributed by atoms with Crippen molar-refractivity contribution in [2.24, 2.45) is 4.99 Å². The van der Waals surface area contributed by atoms with E-state index in [-0.39, 0.29) is 17.7 Å². The van der Waals surface area contributed by atoms with Gasteiger partial charge in [0.2, 0.25) is 17.7 Å². The number of pyridine rings is 1. The van der Waals surface area contributed by atoms with Gasteiger partial charge in [0.1, 0.15) is 11.9 Å². The van der Waals surface area contributed by atoms with Gasteiger partial charge < -0.3 is 15.0 Å². The molecule has 3 heterocycles. The van der Waals surface area contributed by atoms with Gasteiger partial charge in [-0.15, -0.1) is 0 Å². The monoisotopic (exact) mass is 492 g/mol. The topological polar surface area (TPSA) is 102 Å². The first-order valence-corrected chi connectivity index (χ1v) is 10.9. The summed E-state index contributed by atoms with van der Waals surface area (Å²) in [5.41, 5.74) is 1.76. The minimum atomic E-state index is -4.48. The summed E-state index contributed by atoms with van der Waals surface area (Å²) in [6.07, 6.45) is 1.77. The third kappa shape index (κ3) is 6.67. The van der Waals surface area contributed by atoms with Gasteiger partial charge in [-0.2, -0.15) is 18.3 Å². The molecule has 1 aliphatic rings. The zero-order valence-corrected chi connectivity index (χ0v) is 19.7. The van der Waals surface area contributed by atoms with Crippen LogP contribution in [0.1, 0.15) is 33.6 Å². The molecule has 0 aromatic carbocycles. The number of carbonyl (C=O) groups is 2. The number of carbonyl (C=O) groups excluding carboxylic acids is 2. The van der Waals surface area contributed by atoms with Crippen molar-refractivity contribution in [1.82, 2.24) is 19.7 Å². The third-order valence-corrected chi connectivity index (χ3v) is 5.41. The van der Waals surface area contributed by atoms with E-state index in [0.717, 1.165) is 12.0 Å². The maximum Gasteiger partial charge on any atom is 0.422 e. The van der Waals surface area contributed by atoms with Gasteiger partial charge >= 0.3 is 6.18 Å². The number of aliphatic imine (C=N–C) groups is 1. The van der Waals surface area contributed by atoms with Crippen molar-refractivity contribution in [2.45, 2.75) is 52.4 Å². The summed E-state index contributed by atoms with van der Waals surface area (Å²) in [6, 6.07) is 1.17. The molecule has 1 saturated heterocycles. The van der Waals surface area contributed by atoms with Gasteiger partial charge in [0.05, 0.1) is 17.4 Å². The lowest BCUT2D eigenvalue weighted by atomic mass is 10.2. The van der Waals surface area contributed by atoms with Crippen LogP contribution >= 0.6 is 0 Å². The number of nitrogens with one attached hydrogen (secondary N) is 1. The molecule has 12 heteroatoms. The molecule has 0 unspecified atom stereocenters. The molecule has 188 valence electrons. The Hall–Kier alpha value is -3.70. The van der Waals surface area contributed by atoms with Crippen molar-refractivity contribution in [1.29, 1.82) is 0 Å². The third-order valence-electron chi connectivity index (χ3n) is 5.41. The molecular weight excluding hydrogens is 465 g/mol. The lowest BCUT2D eigenvalue weighted by Crippen LogP contribution is -2.42. The molecule has 35 heavy (non-hydrogen) atoms. The van der Waals surface area contributed by atoms with Crippen molar-refractivity contribution >= 4 is 35.3 Å². The molecule has 2 aromatic rings. The number of nitrogens with zero attached hydrogens (tertiary/aromatic N) is 5. The number of alkyl halides is 3. The summed E-state index contributed by atoms with van der Waals surface area (Å²) in [4.78, 5) is 34.0. The van der Waals surface area contributed by atoms with Gasteiger partial charge in [-0.1, -0.05) is 11.6 Å². The Morgan fingerprint density at radius 3 is 2.74 bits per heavy atom. The maximum atomic E-state index is 12.8. The van der Waals surface area contributed by atoms with Gasteiger partial charge in [-0.3, -0.25) is 14.3 Å². The van der Waals surface area contributed by atoms with Crippen LogP contribution in [0.15, 0.2) is 46.6 Å². The van der Waals surface area contributed by atoms with Gasteiger partial charge in [0.15, 0.2) is 6.61 Å². The average Bonchev–Trinajstić information content (AvgIpc) is 3.40. The summed E-state index contributed by atoms with van der Waals surface area (Å²) >= 11 is 0. The number of rotatable bonds is 8. The summed E-state index contributed by atoms with van der Waals surface area (Å²) in [6.45, 7) is 7.49. The first-order valence-electron chi connectivity index (χ1n) is 10.9. The number of hydrogen-bond acceptors (Lipinski definition) is 6. The Kier molecular flexibility index (Phi) is 7.92. The Labute approximate surface area is 200 Å². The van der Waals surface area contributed by atoms with Crippen LogP contribution in [0.2, 0.25) is 0 Å². The summed E-state index contributed by atoms with van der Waals surface area (Å²) in [5.74, 6) is -0.309. The number of aromatic nitrogens is 3. The number of allylic oxidation sites excluding steroid dienone is 3. The van der Waals surface area contributed by atoms with Crippen molar-refractivity contribution in [3.63, 3.8) is 0 Å². The molecule has 0 radical (unpaired) electrons. The lowest BCUT2D eigenvalue weighted by molar-refractivity contribution is -0.165. The van der Waals surface area contributed by atoms with Crippen LogP contribution in [-0.4, -0.2) is 63.6 Å². The van der Waals surface area contributed by atoms with Crippen LogP contribution in [0, 0.1) is 0 Å². The Morgan fingerprint density at radius 1 is 1.34 bits per heavy atom. The molecule has 1 atom stereocenters. The summed E-state index contributed by atoms with van der Waals surface area (Å²) in [7, 11) is 0. The van der Waals surface area contributed by atoms with Gasteiger partial charge in [-0.05, 0) is 39.5 Å². The normalized spacial score (nSPS) is 17.4. The Bertz CT molecular complexity index is 1180. The molecule has 3 rings (SSSR count). The predicted octanol–water partition coefficient (Wildman–Crippen LogP) is 3.84. The number of ether oxygens (including phenoxy) is 1. The molecule has 0 bridgehead atoms. The van der Waals surface area contributed by atoms with E-state index in [1.807, 2.05) is 0 Å². The maximum absolute atomic E-state index is 12.8. The zero-order valence-electron chi connectivity index (χ0n) is 19.7. The second kappa shape index (κ2) is 10.7. The van der Waals surface area contributed by atoms with E-state index in [4.69, 9.17) is 4.74 Å². The molecule has 9 nitrogen and oxygen atoms in total. The predicted molar refractivity (Wildman–Crippen MR) is 125 cm³/mol. The van der Waals surface area contributed by atoms with E-state index >= 15 is 0 Å². The van der Waals surface area contributed by atoms with Crippen molar-refractivity contribution in [3.8, 4) is 0 Å². The van der Waals surface area contributed by atoms with Crippen molar-refractivity contribution in [3.05, 3.63) is 41.6 Å². The van der Waals surface area contributed by atoms with Crippen LogP contribution in [0.5, 0.6) is 0 Å². The van der Waals surface area contributed by atoms with Gasteiger partial charge in [0, 0.05) is 31.4 Å². The number of amides is 2. The van der Waals surface area contributed by atoms with Crippen molar-refractivity contribution < 1.29 is 27.5 Å². The van der Waals surface area contributed by atoms with E-state index in [1.54, 1.807) is 41.8 Å². The number of anilines is 1. The molecule has 2 aromatic heterocycles. The van der Waals surface area contributed by atoms with E-state index in [9.17, 15) is 22.8 Å². The van der Waals surface area contributed by atoms with E-state index in [2.05, 4.69) is 27.1 Å². The fourth-order valence-corrected chi connectivity index (χ4v) is 3.96. The van der Waals surface area contributed by atoms with Gasteiger partial charge in [0.25, 0.3) is 0 Å². The number of likely N-dealkylation sites (tertiary alicyclic amines) is 1. The Balaban J connectivity index is 1.76. The first kappa shape index (κ1) is 25.9.